The molecule has 1 aliphatic rings. The molecule has 1 heterocycles. The molecular weight excluding hydrogens is 142 g/mol. The van der Waals surface area contributed by atoms with E-state index in [4.69, 9.17) is 11.1 Å². The number of nitrogens with two attached hydrogens (primary N) is 1. The molecule has 4 heteroatoms. The molecule has 1 saturated heterocycles. The van der Waals surface area contributed by atoms with Crippen LogP contribution in [0.5, 0.6) is 0 Å². The van der Waals surface area contributed by atoms with E-state index in [-0.39, 0.29) is 18.1 Å². The molecule has 1 rings (SSSR count). The SMILES string of the molecule is CC(O)C1CCCN1C(=N)N. The van der Waals surface area contributed by atoms with Gasteiger partial charge in [-0.15, -0.1) is 0 Å². The second-order valence-corrected chi connectivity index (χ2v) is 3.03. The molecule has 2 unspecified atom stereocenters. The molecule has 64 valence electrons. The maximum atomic E-state index is 9.28. The molecule has 0 bridgehead atoms. The molecule has 0 aromatic rings. The fraction of sp³-hybridized carbons (Fsp3) is 0.857. The summed E-state index contributed by atoms with van der Waals surface area (Å²) in [7, 11) is 0. The quantitative estimate of drug-likeness (QED) is 0.362. The van der Waals surface area contributed by atoms with Crippen LogP contribution in [0.25, 0.3) is 0 Å². The van der Waals surface area contributed by atoms with Gasteiger partial charge in [0.2, 0.25) is 0 Å². The van der Waals surface area contributed by atoms with Gasteiger partial charge in [0.1, 0.15) is 0 Å². The van der Waals surface area contributed by atoms with Crippen molar-refractivity contribution in [1.29, 1.82) is 5.41 Å². The van der Waals surface area contributed by atoms with Crippen LogP contribution in [-0.2, 0) is 0 Å². The highest BCUT2D eigenvalue weighted by atomic mass is 16.3. The first-order valence-electron chi connectivity index (χ1n) is 3.91. The Hall–Kier alpha value is -0.770. The summed E-state index contributed by atoms with van der Waals surface area (Å²) in [6, 6.07) is 0.0625. The van der Waals surface area contributed by atoms with E-state index in [9.17, 15) is 5.11 Å². The van der Waals surface area contributed by atoms with Crippen molar-refractivity contribution in [2.45, 2.75) is 31.9 Å². The lowest BCUT2D eigenvalue weighted by molar-refractivity contribution is 0.118. The van der Waals surface area contributed by atoms with Crippen LogP contribution in [0.3, 0.4) is 0 Å². The molecule has 4 nitrogen and oxygen atoms in total. The maximum absolute atomic E-state index is 9.28. The van der Waals surface area contributed by atoms with Gasteiger partial charge in [-0.1, -0.05) is 0 Å². The topological polar surface area (TPSA) is 73.3 Å². The Morgan fingerprint density at radius 1 is 1.82 bits per heavy atom. The Morgan fingerprint density at radius 3 is 2.82 bits per heavy atom. The van der Waals surface area contributed by atoms with Crippen LogP contribution in [0, 0.1) is 5.41 Å². The van der Waals surface area contributed by atoms with Crippen LogP contribution in [0.4, 0.5) is 0 Å². The monoisotopic (exact) mass is 157 g/mol. The summed E-state index contributed by atoms with van der Waals surface area (Å²) in [5, 5.41) is 16.5. The zero-order valence-corrected chi connectivity index (χ0v) is 6.75. The first kappa shape index (κ1) is 8.33. The zero-order chi connectivity index (χ0) is 8.43. The van der Waals surface area contributed by atoms with Gasteiger partial charge in [-0.05, 0) is 19.8 Å². The summed E-state index contributed by atoms with van der Waals surface area (Å²) in [5.74, 6) is 0.0772. The normalized spacial score (nSPS) is 27.1. The van der Waals surface area contributed by atoms with E-state index in [0.717, 1.165) is 19.4 Å². The van der Waals surface area contributed by atoms with E-state index in [1.54, 1.807) is 11.8 Å². The van der Waals surface area contributed by atoms with Crippen molar-refractivity contribution in [3.05, 3.63) is 0 Å². The Bertz CT molecular complexity index is 158. The highest BCUT2D eigenvalue weighted by Gasteiger charge is 2.28. The van der Waals surface area contributed by atoms with Crippen LogP contribution >= 0.6 is 0 Å². The minimum Gasteiger partial charge on any atom is -0.391 e. The van der Waals surface area contributed by atoms with Crippen molar-refractivity contribution in [3.63, 3.8) is 0 Å². The van der Waals surface area contributed by atoms with E-state index < -0.39 is 0 Å². The third-order valence-corrected chi connectivity index (χ3v) is 2.17. The molecule has 0 aromatic heterocycles. The molecule has 0 aliphatic carbocycles. The average molecular weight is 157 g/mol. The van der Waals surface area contributed by atoms with Crippen molar-refractivity contribution in [1.82, 2.24) is 4.90 Å². The number of hydrogen-bond acceptors (Lipinski definition) is 2. The Balaban J connectivity index is 2.58. The first-order valence-corrected chi connectivity index (χ1v) is 3.91. The van der Waals surface area contributed by atoms with Crippen LogP contribution in [-0.4, -0.2) is 34.7 Å². The average Bonchev–Trinajstić information content (AvgIpc) is 2.32. The summed E-state index contributed by atoms with van der Waals surface area (Å²) in [6.07, 6.45) is 1.58. The molecule has 0 aromatic carbocycles. The molecule has 0 radical (unpaired) electrons. The van der Waals surface area contributed by atoms with Gasteiger partial charge in [-0.2, -0.15) is 0 Å². The van der Waals surface area contributed by atoms with Gasteiger partial charge in [0, 0.05) is 6.54 Å². The van der Waals surface area contributed by atoms with Gasteiger partial charge >= 0.3 is 0 Å². The molecule has 0 spiro atoms. The standard InChI is InChI=1S/C7H15N3O/c1-5(11)6-3-2-4-10(6)7(8)9/h5-6,11H,2-4H2,1H3,(H3,8,9). The van der Waals surface area contributed by atoms with Gasteiger partial charge < -0.3 is 15.7 Å². The summed E-state index contributed by atoms with van der Waals surface area (Å²) in [5.41, 5.74) is 5.32. The minimum atomic E-state index is -0.388. The van der Waals surface area contributed by atoms with Gasteiger partial charge in [0.25, 0.3) is 0 Å². The largest absolute Gasteiger partial charge is 0.391 e. The van der Waals surface area contributed by atoms with Crippen LogP contribution in [0.15, 0.2) is 0 Å². The number of rotatable bonds is 1. The number of aliphatic hydroxyl groups is 1. The smallest absolute Gasteiger partial charge is 0.188 e. The second kappa shape index (κ2) is 3.09. The summed E-state index contributed by atoms with van der Waals surface area (Å²) in [6.45, 7) is 2.55. The van der Waals surface area contributed by atoms with Crippen molar-refractivity contribution < 1.29 is 5.11 Å². The minimum absolute atomic E-state index is 0.0625. The summed E-state index contributed by atoms with van der Waals surface area (Å²) < 4.78 is 0. The van der Waals surface area contributed by atoms with Crippen molar-refractivity contribution in [3.8, 4) is 0 Å². The predicted octanol–water partition coefficient (Wildman–Crippen LogP) is -0.275. The lowest BCUT2D eigenvalue weighted by atomic mass is 10.1. The highest BCUT2D eigenvalue weighted by molar-refractivity contribution is 5.75. The van der Waals surface area contributed by atoms with Crippen molar-refractivity contribution in [2.24, 2.45) is 5.73 Å². The third kappa shape index (κ3) is 1.63. The highest BCUT2D eigenvalue weighted by Crippen LogP contribution is 2.18. The van der Waals surface area contributed by atoms with Gasteiger partial charge in [0.05, 0.1) is 12.1 Å². The zero-order valence-electron chi connectivity index (χ0n) is 6.75. The molecule has 0 amide bonds. The van der Waals surface area contributed by atoms with Gasteiger partial charge in [0.15, 0.2) is 5.96 Å². The first-order chi connectivity index (χ1) is 5.13. The molecular formula is C7H15N3O. The van der Waals surface area contributed by atoms with Crippen LogP contribution in [0.2, 0.25) is 0 Å². The van der Waals surface area contributed by atoms with Crippen molar-refractivity contribution >= 4 is 5.96 Å². The Labute approximate surface area is 66.5 Å². The molecule has 0 saturated carbocycles. The van der Waals surface area contributed by atoms with Gasteiger partial charge in [-0.25, -0.2) is 0 Å². The van der Waals surface area contributed by atoms with E-state index in [0.29, 0.717) is 0 Å². The number of guanidine groups is 1. The molecule has 2 atom stereocenters. The predicted molar refractivity (Wildman–Crippen MR) is 43.3 cm³/mol. The van der Waals surface area contributed by atoms with E-state index in [2.05, 4.69) is 0 Å². The van der Waals surface area contributed by atoms with Crippen LogP contribution in [0.1, 0.15) is 19.8 Å². The molecule has 1 fully saturated rings. The van der Waals surface area contributed by atoms with E-state index in [1.807, 2.05) is 0 Å². The number of nitrogens with one attached hydrogen (secondary N) is 1. The fourth-order valence-electron chi connectivity index (χ4n) is 1.59. The number of likely N-dealkylation sites (tertiary alicyclic amines) is 1. The number of hydrogen-bond donors (Lipinski definition) is 3. The van der Waals surface area contributed by atoms with E-state index in [1.165, 1.54) is 0 Å². The Morgan fingerprint density at radius 2 is 2.45 bits per heavy atom. The van der Waals surface area contributed by atoms with E-state index >= 15 is 0 Å². The third-order valence-electron chi connectivity index (χ3n) is 2.17. The molecule has 1 aliphatic heterocycles. The lowest BCUT2D eigenvalue weighted by Gasteiger charge is -2.26. The molecule has 11 heavy (non-hydrogen) atoms. The second-order valence-electron chi connectivity index (χ2n) is 3.03. The van der Waals surface area contributed by atoms with Gasteiger partial charge in [-0.3, -0.25) is 5.41 Å². The summed E-state index contributed by atoms with van der Waals surface area (Å²) >= 11 is 0. The Kier molecular flexibility index (Phi) is 2.34. The van der Waals surface area contributed by atoms with Crippen molar-refractivity contribution in [2.75, 3.05) is 6.54 Å². The number of nitrogens with zero attached hydrogens (tertiary/aromatic N) is 1. The van der Waals surface area contributed by atoms with Crippen LogP contribution < -0.4 is 5.73 Å². The fourth-order valence-corrected chi connectivity index (χ4v) is 1.59. The maximum Gasteiger partial charge on any atom is 0.188 e. The number of aliphatic hydroxyl groups excluding tert-OH is 1. The summed E-state index contributed by atoms with van der Waals surface area (Å²) in [4.78, 5) is 1.75. The molecule has 4 N–H and O–H groups in total. The lowest BCUT2D eigenvalue weighted by Crippen LogP contribution is -2.44.